The molecule has 0 aromatic heterocycles. The molecule has 18 heavy (non-hydrogen) atoms. The third-order valence-corrected chi connectivity index (χ3v) is 2.44. The number of nitrogens with zero attached hydrogens (tertiary/aromatic N) is 1. The zero-order valence-corrected chi connectivity index (χ0v) is 13.4. The Labute approximate surface area is 131 Å². The molecule has 0 aliphatic rings. The van der Waals surface area contributed by atoms with Crippen LogP contribution in [0.5, 0.6) is 0 Å². The van der Waals surface area contributed by atoms with Crippen molar-refractivity contribution in [2.45, 2.75) is 51.4 Å². The molecule has 5 heteroatoms. The van der Waals surface area contributed by atoms with Gasteiger partial charge in [0.25, 0.3) is 0 Å². The molecule has 0 unspecified atom stereocenters. The Morgan fingerprint density at radius 3 is 2.28 bits per heavy atom. The number of carboxylic acid groups (broad SMARTS) is 1. The van der Waals surface area contributed by atoms with Crippen LogP contribution in [0.4, 0.5) is 0 Å². The minimum atomic E-state index is -1.06. The van der Waals surface area contributed by atoms with Crippen LogP contribution in [0, 0.1) is 0 Å². The van der Waals surface area contributed by atoms with Crippen LogP contribution in [0.15, 0.2) is 17.6 Å². The number of aliphatic carboxylic acids is 1. The average Bonchev–Trinajstić information content (AvgIpc) is 2.30. The summed E-state index contributed by atoms with van der Waals surface area (Å²) in [5.74, 6) is -1.35. The Balaban J connectivity index is 0. The van der Waals surface area contributed by atoms with Crippen molar-refractivity contribution in [3.05, 3.63) is 12.7 Å². The molecule has 0 bridgehead atoms. The van der Waals surface area contributed by atoms with Gasteiger partial charge in [-0.05, 0) is 31.6 Å². The Bertz CT molecular complexity index is 255. The maximum Gasteiger partial charge on any atom is 1.00 e. The molecule has 0 aliphatic heterocycles. The molecule has 0 saturated carbocycles. The first-order chi connectivity index (χ1) is 8.16. The Kier molecular flexibility index (Phi) is 16.4. The van der Waals surface area contributed by atoms with Gasteiger partial charge in [-0.2, -0.15) is 0 Å². The number of aliphatic imine (C=N–C) groups is 1. The van der Waals surface area contributed by atoms with E-state index < -0.39 is 12.5 Å². The SMILES string of the molecule is C=CCCCCCCCCC([O-])=NCC(=O)O.[Na+]. The van der Waals surface area contributed by atoms with E-state index in [1.54, 1.807) is 0 Å². The molecule has 0 heterocycles. The molecule has 0 aliphatic carbocycles. The second kappa shape index (κ2) is 14.7. The first kappa shape index (κ1) is 20.0. The summed E-state index contributed by atoms with van der Waals surface area (Å²) < 4.78 is 0. The van der Waals surface area contributed by atoms with Crippen LogP contribution in [0.3, 0.4) is 0 Å². The molecule has 0 amide bonds. The molecule has 4 nitrogen and oxygen atoms in total. The number of hydrogen-bond acceptors (Lipinski definition) is 3. The minimum Gasteiger partial charge on any atom is -0.862 e. The van der Waals surface area contributed by atoms with E-state index in [-0.39, 0.29) is 35.5 Å². The fourth-order valence-electron chi connectivity index (χ4n) is 1.51. The first-order valence-corrected chi connectivity index (χ1v) is 6.20. The van der Waals surface area contributed by atoms with E-state index in [9.17, 15) is 9.90 Å². The number of rotatable bonds is 11. The van der Waals surface area contributed by atoms with Gasteiger partial charge in [-0.1, -0.05) is 31.8 Å². The zero-order chi connectivity index (χ0) is 12.9. The minimum absolute atomic E-state index is 0. The van der Waals surface area contributed by atoms with Crippen LogP contribution in [0.25, 0.3) is 0 Å². The van der Waals surface area contributed by atoms with Crippen molar-refractivity contribution >= 4 is 11.9 Å². The predicted octanol–water partition coefficient (Wildman–Crippen LogP) is -0.859. The van der Waals surface area contributed by atoms with Crippen molar-refractivity contribution < 1.29 is 44.6 Å². The Morgan fingerprint density at radius 1 is 1.17 bits per heavy atom. The van der Waals surface area contributed by atoms with Gasteiger partial charge in [-0.25, -0.2) is 0 Å². The fourth-order valence-corrected chi connectivity index (χ4v) is 1.51. The normalized spacial score (nSPS) is 10.8. The van der Waals surface area contributed by atoms with Crippen molar-refractivity contribution in [2.24, 2.45) is 4.99 Å². The third kappa shape index (κ3) is 15.7. The topological polar surface area (TPSA) is 72.7 Å². The van der Waals surface area contributed by atoms with Gasteiger partial charge in [0.15, 0.2) is 0 Å². The second-order valence-corrected chi connectivity index (χ2v) is 4.05. The van der Waals surface area contributed by atoms with E-state index in [1.807, 2.05) is 6.08 Å². The van der Waals surface area contributed by atoms with E-state index >= 15 is 0 Å². The third-order valence-electron chi connectivity index (χ3n) is 2.44. The van der Waals surface area contributed by atoms with Crippen LogP contribution in [-0.4, -0.2) is 23.5 Å². The van der Waals surface area contributed by atoms with E-state index in [0.717, 1.165) is 25.7 Å². The van der Waals surface area contributed by atoms with Crippen molar-refractivity contribution in [1.82, 2.24) is 0 Å². The average molecular weight is 263 g/mol. The van der Waals surface area contributed by atoms with Crippen molar-refractivity contribution in [2.75, 3.05) is 6.54 Å². The standard InChI is InChI=1S/C13H23NO3.Na/c1-2-3-4-5-6-7-8-9-10-12(15)14-11-13(16)17;/h2H,1,3-11H2,(H,14,15)(H,16,17);/q;+1/p-1. The monoisotopic (exact) mass is 263 g/mol. The molecule has 0 aromatic carbocycles. The summed E-state index contributed by atoms with van der Waals surface area (Å²) in [4.78, 5) is 13.6. The molecule has 0 aromatic rings. The van der Waals surface area contributed by atoms with Crippen molar-refractivity contribution in [1.29, 1.82) is 0 Å². The molecule has 0 atom stereocenters. The Morgan fingerprint density at radius 2 is 1.72 bits per heavy atom. The number of carbonyl (C=O) groups is 1. The molecule has 0 rings (SSSR count). The number of carboxylic acids is 1. The van der Waals surface area contributed by atoms with E-state index in [4.69, 9.17) is 5.11 Å². The second-order valence-electron chi connectivity index (χ2n) is 4.05. The number of unbranched alkanes of at least 4 members (excludes halogenated alkanes) is 6. The van der Waals surface area contributed by atoms with Gasteiger partial charge in [0, 0.05) is 0 Å². The van der Waals surface area contributed by atoms with Gasteiger partial charge >= 0.3 is 35.5 Å². The van der Waals surface area contributed by atoms with Gasteiger partial charge in [0.2, 0.25) is 0 Å². The molecular weight excluding hydrogens is 241 g/mol. The summed E-state index contributed by atoms with van der Waals surface area (Å²) in [6.07, 6.45) is 9.93. The van der Waals surface area contributed by atoms with Crippen LogP contribution >= 0.6 is 0 Å². The first-order valence-electron chi connectivity index (χ1n) is 6.20. The molecule has 0 spiro atoms. The predicted molar refractivity (Wildman–Crippen MR) is 67.1 cm³/mol. The molecule has 0 saturated heterocycles. The number of hydrogen-bond donors (Lipinski definition) is 1. The number of allylic oxidation sites excluding steroid dienone is 1. The van der Waals surface area contributed by atoms with Crippen LogP contribution in [-0.2, 0) is 4.79 Å². The summed E-state index contributed by atoms with van der Waals surface area (Å²) >= 11 is 0. The Hall–Kier alpha value is -0.320. The van der Waals surface area contributed by atoms with Crippen molar-refractivity contribution in [3.63, 3.8) is 0 Å². The summed E-state index contributed by atoms with van der Waals surface area (Å²) in [6.45, 7) is 3.27. The van der Waals surface area contributed by atoms with E-state index in [2.05, 4.69) is 11.6 Å². The largest absolute Gasteiger partial charge is 1.00 e. The van der Waals surface area contributed by atoms with Crippen LogP contribution in [0.2, 0.25) is 0 Å². The van der Waals surface area contributed by atoms with E-state index in [1.165, 1.54) is 19.3 Å². The summed E-state index contributed by atoms with van der Waals surface area (Å²) in [5.41, 5.74) is 0. The van der Waals surface area contributed by atoms with Crippen LogP contribution in [0.1, 0.15) is 51.4 Å². The zero-order valence-electron chi connectivity index (χ0n) is 11.4. The van der Waals surface area contributed by atoms with E-state index in [0.29, 0.717) is 6.42 Å². The maximum absolute atomic E-state index is 11.1. The maximum atomic E-state index is 11.1. The quantitative estimate of drug-likeness (QED) is 0.173. The summed E-state index contributed by atoms with van der Waals surface area (Å²) in [6, 6.07) is 0. The molecule has 98 valence electrons. The summed E-state index contributed by atoms with van der Waals surface area (Å²) in [5, 5.41) is 19.4. The van der Waals surface area contributed by atoms with Gasteiger partial charge in [0.05, 0.1) is 0 Å². The smallest absolute Gasteiger partial charge is 0.862 e. The molecule has 0 fully saturated rings. The van der Waals surface area contributed by atoms with Gasteiger partial charge in [-0.3, -0.25) is 9.79 Å². The molecular formula is C13H22NNaO3. The molecule has 1 N–H and O–H groups in total. The van der Waals surface area contributed by atoms with Crippen LogP contribution < -0.4 is 34.7 Å². The summed E-state index contributed by atoms with van der Waals surface area (Å²) in [7, 11) is 0. The fraction of sp³-hybridized carbons (Fsp3) is 0.692. The van der Waals surface area contributed by atoms with Gasteiger partial charge in [0.1, 0.15) is 6.54 Å². The van der Waals surface area contributed by atoms with Gasteiger partial charge in [-0.15, -0.1) is 6.58 Å². The molecule has 0 radical (unpaired) electrons. The van der Waals surface area contributed by atoms with Crippen molar-refractivity contribution in [3.8, 4) is 0 Å². The van der Waals surface area contributed by atoms with Gasteiger partial charge < -0.3 is 10.2 Å².